The predicted molar refractivity (Wildman–Crippen MR) is 85.7 cm³/mol. The topological polar surface area (TPSA) is 72.5 Å². The van der Waals surface area contributed by atoms with E-state index >= 15 is 0 Å². The summed E-state index contributed by atoms with van der Waals surface area (Å²) >= 11 is 3.94. The number of carbonyl (C=O) groups excluding carboxylic acids is 3. The molecule has 121 valence electrons. The van der Waals surface area contributed by atoms with Gasteiger partial charge in [-0.1, -0.05) is 0 Å². The molecule has 0 saturated heterocycles. The Bertz CT molecular complexity index is 382. The van der Waals surface area contributed by atoms with Crippen LogP contribution in [-0.4, -0.2) is 56.2 Å². The maximum atomic E-state index is 12.4. The van der Waals surface area contributed by atoms with Gasteiger partial charge in [0, 0.05) is 0 Å². The van der Waals surface area contributed by atoms with Crippen LogP contribution in [-0.2, 0) is 14.3 Å². The molecule has 1 N–H and O–H groups in total. The number of nitrogens with one attached hydrogen (secondary N) is 1. The van der Waals surface area contributed by atoms with Gasteiger partial charge in [-0.25, -0.2) is 0 Å². The van der Waals surface area contributed by atoms with Gasteiger partial charge in [0.15, 0.2) is 0 Å². The van der Waals surface area contributed by atoms with Crippen molar-refractivity contribution in [3.8, 4) is 0 Å². The van der Waals surface area contributed by atoms with E-state index in [1.165, 1.54) is 0 Å². The third-order valence-corrected chi connectivity index (χ3v) is 3.92. The second kappa shape index (κ2) is 9.49. The van der Waals surface area contributed by atoms with Gasteiger partial charge >= 0.3 is 139 Å². The minimum absolute atomic E-state index is 0.263. The molecule has 0 heterocycles. The fourth-order valence-electron chi connectivity index (χ4n) is 1.70. The molecule has 0 aromatic heterocycles. The van der Waals surface area contributed by atoms with Crippen LogP contribution in [0.15, 0.2) is 0 Å². The Kier molecular flexibility index (Phi) is 9.25. The van der Waals surface area contributed by atoms with Crippen LogP contribution in [0.3, 0.4) is 0 Å². The quantitative estimate of drug-likeness (QED) is 0.514. The van der Waals surface area contributed by atoms with Crippen molar-refractivity contribution in [2.24, 2.45) is 5.92 Å². The minimum atomic E-state index is -0.716. The van der Waals surface area contributed by atoms with Crippen LogP contribution in [0.25, 0.3) is 0 Å². The molecule has 2 atom stereocenters. The SMILES string of the molecule is CCC(C(=O)[Se])C(=O)[C@H](CCSC)NC(=O)OC(C)(C)C. The molecule has 0 aromatic rings. The Labute approximate surface area is 139 Å². The van der Waals surface area contributed by atoms with Gasteiger partial charge in [0.1, 0.15) is 0 Å². The van der Waals surface area contributed by atoms with Gasteiger partial charge in [0.2, 0.25) is 0 Å². The van der Waals surface area contributed by atoms with Crippen molar-refractivity contribution in [3.63, 3.8) is 0 Å². The summed E-state index contributed by atoms with van der Waals surface area (Å²) in [5, 5.41) is 2.59. The van der Waals surface area contributed by atoms with Crippen LogP contribution in [0.2, 0.25) is 0 Å². The molecule has 7 heteroatoms. The molecule has 0 saturated carbocycles. The average molecular weight is 381 g/mol. The maximum absolute atomic E-state index is 12.4. The van der Waals surface area contributed by atoms with Crippen molar-refractivity contribution in [1.29, 1.82) is 0 Å². The second-order valence-electron chi connectivity index (χ2n) is 5.66. The zero-order valence-electron chi connectivity index (χ0n) is 13.2. The van der Waals surface area contributed by atoms with E-state index < -0.39 is 23.7 Å². The van der Waals surface area contributed by atoms with Crippen LogP contribution < -0.4 is 5.32 Å². The molecule has 0 aromatic carbocycles. The van der Waals surface area contributed by atoms with E-state index in [9.17, 15) is 14.4 Å². The van der Waals surface area contributed by atoms with Crippen LogP contribution in [0.4, 0.5) is 4.79 Å². The van der Waals surface area contributed by atoms with Crippen molar-refractivity contribution in [3.05, 3.63) is 0 Å². The molecule has 0 aliphatic carbocycles. The number of ketones is 1. The van der Waals surface area contributed by atoms with E-state index in [-0.39, 0.29) is 10.5 Å². The van der Waals surface area contributed by atoms with Crippen molar-refractivity contribution in [1.82, 2.24) is 5.32 Å². The molecule has 0 bridgehead atoms. The molecular formula is C14H24NO4SSe. The number of carbonyl (C=O) groups is 3. The first-order valence-corrected chi connectivity index (χ1v) is 9.10. The van der Waals surface area contributed by atoms with E-state index in [0.29, 0.717) is 18.6 Å². The summed E-state index contributed by atoms with van der Waals surface area (Å²) in [7, 11) is 0. The fourth-order valence-corrected chi connectivity index (χ4v) is 2.76. The molecule has 1 unspecified atom stereocenters. The van der Waals surface area contributed by atoms with Gasteiger partial charge in [0.25, 0.3) is 0 Å². The van der Waals surface area contributed by atoms with Gasteiger partial charge < -0.3 is 0 Å². The summed E-state index contributed by atoms with van der Waals surface area (Å²) in [5.41, 5.74) is -0.629. The van der Waals surface area contributed by atoms with Crippen molar-refractivity contribution >= 4 is 44.3 Å². The number of Topliss-reactive ketones (excluding diaryl/α,β-unsaturated/α-hetero) is 1. The molecule has 1 amide bonds. The molecule has 0 rings (SSSR count). The third kappa shape index (κ3) is 8.49. The summed E-state index contributed by atoms with van der Waals surface area (Å²) in [5.74, 6) is -0.266. The zero-order chi connectivity index (χ0) is 16.6. The standard InChI is InChI=1S/C14H24NO4SSe/c1-6-9(12(17)21)11(16)10(7-8-20-5)15-13(18)19-14(2,3)4/h9-10H,6-8H2,1-5H3,(H,15,18)/t9?,10-/m0/s1. The predicted octanol–water partition coefficient (Wildman–Crippen LogP) is 1.92. The molecule has 0 fully saturated rings. The van der Waals surface area contributed by atoms with Gasteiger partial charge in [-0.2, -0.15) is 0 Å². The fraction of sp³-hybridized carbons (Fsp3) is 0.786. The number of rotatable bonds is 8. The van der Waals surface area contributed by atoms with Crippen LogP contribution >= 0.6 is 11.8 Å². The van der Waals surface area contributed by atoms with Crippen LogP contribution in [0.1, 0.15) is 40.5 Å². The first-order valence-electron chi connectivity index (χ1n) is 6.85. The monoisotopic (exact) mass is 382 g/mol. The van der Waals surface area contributed by atoms with Gasteiger partial charge in [-0.15, -0.1) is 0 Å². The van der Waals surface area contributed by atoms with Crippen LogP contribution in [0.5, 0.6) is 0 Å². The Morgan fingerprint density at radius 3 is 2.24 bits per heavy atom. The number of thioether (sulfide) groups is 1. The van der Waals surface area contributed by atoms with Crippen LogP contribution in [0, 0.1) is 5.92 Å². The third-order valence-electron chi connectivity index (χ3n) is 2.68. The molecule has 5 nitrogen and oxygen atoms in total. The van der Waals surface area contributed by atoms with Crippen molar-refractivity contribution in [2.75, 3.05) is 12.0 Å². The number of hydrogen-bond acceptors (Lipinski definition) is 5. The first-order chi connectivity index (χ1) is 9.62. The Morgan fingerprint density at radius 2 is 1.86 bits per heavy atom. The van der Waals surface area contributed by atoms with Crippen molar-refractivity contribution < 1.29 is 19.1 Å². The number of amides is 1. The number of hydrogen-bond donors (Lipinski definition) is 1. The Morgan fingerprint density at radius 1 is 1.29 bits per heavy atom. The van der Waals surface area contributed by atoms with Crippen molar-refractivity contribution in [2.45, 2.75) is 52.2 Å². The second-order valence-corrected chi connectivity index (χ2v) is 7.49. The van der Waals surface area contributed by atoms with E-state index in [2.05, 4.69) is 21.3 Å². The summed E-state index contributed by atoms with van der Waals surface area (Å²) in [6.07, 6.45) is 2.18. The van der Waals surface area contributed by atoms with Gasteiger partial charge in [-0.05, 0) is 0 Å². The molecule has 21 heavy (non-hydrogen) atoms. The van der Waals surface area contributed by atoms with E-state index in [0.717, 1.165) is 0 Å². The first kappa shape index (κ1) is 20.5. The summed E-state index contributed by atoms with van der Waals surface area (Å²) in [4.78, 5) is 35.7. The van der Waals surface area contributed by atoms with Gasteiger partial charge in [0.05, 0.1) is 0 Å². The molecule has 0 spiro atoms. The normalized spacial score (nSPS) is 14.1. The zero-order valence-corrected chi connectivity index (χ0v) is 15.8. The number of alkyl carbamates (subject to hydrolysis) is 1. The van der Waals surface area contributed by atoms with E-state index in [1.807, 2.05) is 6.26 Å². The summed E-state index contributed by atoms with van der Waals surface area (Å²) in [6, 6.07) is -0.699. The summed E-state index contributed by atoms with van der Waals surface area (Å²) < 4.78 is 4.88. The summed E-state index contributed by atoms with van der Waals surface area (Å²) in [6.45, 7) is 7.04. The molecule has 0 aliphatic rings. The van der Waals surface area contributed by atoms with E-state index in [4.69, 9.17) is 4.74 Å². The molecular weight excluding hydrogens is 357 g/mol. The average Bonchev–Trinajstić information content (AvgIpc) is 2.32. The van der Waals surface area contributed by atoms with E-state index in [1.54, 1.807) is 39.5 Å². The van der Waals surface area contributed by atoms with Gasteiger partial charge in [-0.3, -0.25) is 0 Å². The molecule has 0 aliphatic heterocycles. The molecule has 1 radical (unpaired) electrons. The number of ether oxygens (including phenoxy) is 1. The Hall–Kier alpha value is -0.521. The Balaban J connectivity index is 4.90.